The monoisotopic (exact) mass is 368 g/mol. The van der Waals surface area contributed by atoms with Crippen molar-refractivity contribution in [3.63, 3.8) is 0 Å². The number of alkyl halides is 3. The molecule has 0 spiro atoms. The summed E-state index contributed by atoms with van der Waals surface area (Å²) in [4.78, 5) is 13.2. The Morgan fingerprint density at radius 1 is 1.26 bits per heavy atom. The Bertz CT molecular complexity index is 766. The number of carbonyl (C=O) groups is 1. The first-order valence-corrected chi connectivity index (χ1v) is 8.90. The molecular weight excluding hydrogens is 357 g/mol. The molecule has 0 saturated carbocycles. The topological polar surface area (TPSA) is 66.5 Å². The summed E-state index contributed by atoms with van der Waals surface area (Å²) < 4.78 is 61.7. The summed E-state index contributed by atoms with van der Waals surface area (Å²) >= 11 is 5.96. The minimum absolute atomic E-state index is 0.151. The van der Waals surface area contributed by atoms with Gasteiger partial charge in [0.2, 0.25) is 5.91 Å². The number of hydrogen-bond acceptors (Lipinski definition) is 4. The second-order valence-electron chi connectivity index (χ2n) is 5.61. The molecule has 2 saturated heterocycles. The van der Waals surface area contributed by atoms with Crippen LogP contribution in [0.25, 0.3) is 0 Å². The molecule has 0 aromatic heterocycles. The van der Waals surface area contributed by atoms with E-state index in [9.17, 15) is 26.4 Å². The zero-order chi connectivity index (χ0) is 17.0. The molecule has 0 radical (unpaired) electrons. The summed E-state index contributed by atoms with van der Waals surface area (Å²) in [5.74, 6) is -0.743. The predicted molar refractivity (Wildman–Crippen MR) is 78.2 cm³/mol. The van der Waals surface area contributed by atoms with E-state index in [1.807, 2.05) is 0 Å². The minimum atomic E-state index is -4.53. The quantitative estimate of drug-likeness (QED) is 0.815. The Kier molecular flexibility index (Phi) is 3.75. The van der Waals surface area contributed by atoms with Crippen LogP contribution in [0.2, 0.25) is 5.02 Å². The molecule has 2 aliphatic heterocycles. The Balaban J connectivity index is 1.98. The summed E-state index contributed by atoms with van der Waals surface area (Å²) in [5.41, 5.74) is -0.676. The highest BCUT2D eigenvalue weighted by molar-refractivity contribution is 7.91. The van der Waals surface area contributed by atoms with Gasteiger partial charge in [-0.2, -0.15) is 13.2 Å². The van der Waals surface area contributed by atoms with Gasteiger partial charge in [0.1, 0.15) is 0 Å². The first kappa shape index (κ1) is 16.4. The van der Waals surface area contributed by atoms with Gasteiger partial charge in [0.15, 0.2) is 9.84 Å². The molecule has 2 aliphatic rings. The van der Waals surface area contributed by atoms with Gasteiger partial charge in [-0.05, 0) is 18.2 Å². The zero-order valence-corrected chi connectivity index (χ0v) is 13.2. The third-order valence-corrected chi connectivity index (χ3v) is 5.99. The van der Waals surface area contributed by atoms with Crippen LogP contribution in [0.4, 0.5) is 18.9 Å². The number of halogens is 4. The summed E-state index contributed by atoms with van der Waals surface area (Å²) in [6.07, 6.45) is -4.53. The number of piperazine rings is 1. The van der Waals surface area contributed by atoms with Crippen molar-refractivity contribution >= 4 is 33.0 Å². The zero-order valence-electron chi connectivity index (χ0n) is 11.6. The maximum Gasteiger partial charge on any atom is 0.416 e. The number of amides is 1. The molecule has 126 valence electrons. The normalized spacial score (nSPS) is 26.8. The lowest BCUT2D eigenvalue weighted by atomic mass is 10.0. The number of nitrogens with one attached hydrogen (secondary N) is 1. The highest BCUT2D eigenvalue weighted by atomic mass is 35.5. The summed E-state index contributed by atoms with van der Waals surface area (Å²) in [6, 6.07) is 1.70. The lowest BCUT2D eigenvalue weighted by molar-refractivity contribution is -0.137. The van der Waals surface area contributed by atoms with Gasteiger partial charge in [0.05, 0.1) is 46.4 Å². The van der Waals surface area contributed by atoms with Crippen molar-refractivity contribution in [2.24, 2.45) is 0 Å². The van der Waals surface area contributed by atoms with Crippen LogP contribution in [0.3, 0.4) is 0 Å². The Hall–Kier alpha value is -1.48. The van der Waals surface area contributed by atoms with Crippen molar-refractivity contribution in [3.8, 4) is 0 Å². The Morgan fingerprint density at radius 2 is 1.96 bits per heavy atom. The van der Waals surface area contributed by atoms with Gasteiger partial charge in [-0.25, -0.2) is 8.42 Å². The van der Waals surface area contributed by atoms with E-state index in [1.54, 1.807) is 0 Å². The molecule has 2 fully saturated rings. The molecule has 0 aliphatic carbocycles. The van der Waals surface area contributed by atoms with Gasteiger partial charge < -0.3 is 10.2 Å². The number of rotatable bonds is 1. The van der Waals surface area contributed by atoms with Crippen molar-refractivity contribution in [2.75, 3.05) is 23.0 Å². The summed E-state index contributed by atoms with van der Waals surface area (Å²) in [5, 5.41) is 2.44. The van der Waals surface area contributed by atoms with Crippen LogP contribution in [0, 0.1) is 0 Å². The van der Waals surface area contributed by atoms with E-state index >= 15 is 0 Å². The molecular formula is C13H12ClF3N2O3S. The average molecular weight is 369 g/mol. The van der Waals surface area contributed by atoms with Crippen LogP contribution < -0.4 is 10.2 Å². The molecule has 2 atom stereocenters. The van der Waals surface area contributed by atoms with Gasteiger partial charge in [-0.3, -0.25) is 4.79 Å². The first-order valence-electron chi connectivity index (χ1n) is 6.70. The maximum absolute atomic E-state index is 12.7. The molecule has 1 aromatic rings. The third kappa shape index (κ3) is 3.12. The first-order chi connectivity index (χ1) is 10.6. The minimum Gasteiger partial charge on any atom is -0.355 e. The van der Waals surface area contributed by atoms with Crippen LogP contribution in [0.5, 0.6) is 0 Å². The number of sulfone groups is 1. The fourth-order valence-electron chi connectivity index (χ4n) is 2.98. The van der Waals surface area contributed by atoms with E-state index < -0.39 is 33.7 Å². The van der Waals surface area contributed by atoms with Crippen LogP contribution in [0.1, 0.15) is 5.56 Å². The molecule has 0 unspecified atom stereocenters. The van der Waals surface area contributed by atoms with Crippen molar-refractivity contribution in [1.82, 2.24) is 5.32 Å². The number of hydrogen-bond donors (Lipinski definition) is 1. The van der Waals surface area contributed by atoms with Gasteiger partial charge in [-0.15, -0.1) is 0 Å². The van der Waals surface area contributed by atoms with Gasteiger partial charge in [0.25, 0.3) is 0 Å². The Morgan fingerprint density at radius 3 is 2.57 bits per heavy atom. The Labute approximate surface area is 135 Å². The molecule has 3 rings (SSSR count). The molecule has 1 N–H and O–H groups in total. The number of carbonyl (C=O) groups excluding carboxylic acids is 1. The largest absolute Gasteiger partial charge is 0.416 e. The lowest BCUT2D eigenvalue weighted by Crippen LogP contribution is -2.60. The smallest absolute Gasteiger partial charge is 0.355 e. The van der Waals surface area contributed by atoms with E-state index in [1.165, 1.54) is 11.0 Å². The molecule has 2 heterocycles. The van der Waals surface area contributed by atoms with Crippen LogP contribution in [-0.4, -0.2) is 44.5 Å². The van der Waals surface area contributed by atoms with E-state index in [4.69, 9.17) is 11.6 Å². The molecule has 5 nitrogen and oxygen atoms in total. The fraction of sp³-hybridized carbons (Fsp3) is 0.462. The highest BCUT2D eigenvalue weighted by Crippen LogP contribution is 2.37. The molecule has 10 heteroatoms. The number of benzene rings is 1. The summed E-state index contributed by atoms with van der Waals surface area (Å²) in [7, 11) is -3.32. The number of fused-ring (bicyclic) bond motifs is 1. The van der Waals surface area contributed by atoms with Crippen molar-refractivity contribution in [2.45, 2.75) is 18.3 Å². The second-order valence-corrected chi connectivity index (χ2v) is 8.17. The van der Waals surface area contributed by atoms with E-state index in [0.717, 1.165) is 12.1 Å². The summed E-state index contributed by atoms with van der Waals surface area (Å²) in [6.45, 7) is -0.151. The van der Waals surface area contributed by atoms with E-state index in [2.05, 4.69) is 5.32 Å². The van der Waals surface area contributed by atoms with Crippen LogP contribution in [0.15, 0.2) is 18.2 Å². The number of anilines is 1. The SMILES string of the molecule is O=C1CN(c2ccc(C(F)(F)F)cc2Cl)[C@H]2CS(=O)(=O)C[C@H]2N1. The second kappa shape index (κ2) is 5.27. The molecule has 1 aromatic carbocycles. The standard InChI is InChI=1S/C13H12ClF3N2O3S/c14-8-3-7(13(15,16)17)1-2-10(8)19-4-12(20)18-9-5-23(21,22)6-11(9)19/h1-3,9,11H,4-6H2,(H,18,20)/t9-,11+/m1/s1. The van der Waals surface area contributed by atoms with Crippen molar-refractivity contribution in [1.29, 1.82) is 0 Å². The van der Waals surface area contributed by atoms with Crippen LogP contribution >= 0.6 is 11.6 Å². The van der Waals surface area contributed by atoms with Gasteiger partial charge in [-0.1, -0.05) is 11.6 Å². The van der Waals surface area contributed by atoms with Gasteiger partial charge >= 0.3 is 6.18 Å². The lowest BCUT2D eigenvalue weighted by Gasteiger charge is -2.38. The highest BCUT2D eigenvalue weighted by Gasteiger charge is 2.45. The maximum atomic E-state index is 12.7. The van der Waals surface area contributed by atoms with E-state index in [0.29, 0.717) is 0 Å². The number of nitrogens with zero attached hydrogens (tertiary/aromatic N) is 1. The van der Waals surface area contributed by atoms with Gasteiger partial charge in [0, 0.05) is 0 Å². The van der Waals surface area contributed by atoms with E-state index in [-0.39, 0.29) is 34.7 Å². The predicted octanol–water partition coefficient (Wildman–Crippen LogP) is 1.46. The fourth-order valence-corrected chi connectivity index (χ4v) is 5.19. The third-order valence-electron chi connectivity index (χ3n) is 3.97. The molecule has 0 bridgehead atoms. The average Bonchev–Trinajstić information content (AvgIpc) is 2.70. The van der Waals surface area contributed by atoms with Crippen LogP contribution in [-0.2, 0) is 20.8 Å². The van der Waals surface area contributed by atoms with Crippen molar-refractivity contribution in [3.05, 3.63) is 28.8 Å². The van der Waals surface area contributed by atoms with Crippen molar-refractivity contribution < 1.29 is 26.4 Å². The molecule has 1 amide bonds. The molecule has 23 heavy (non-hydrogen) atoms.